The first-order chi connectivity index (χ1) is 12.1. The molecule has 0 radical (unpaired) electrons. The zero-order valence-corrected chi connectivity index (χ0v) is 15.3. The lowest BCUT2D eigenvalue weighted by Crippen LogP contribution is -2.52. The third-order valence-electron chi connectivity index (χ3n) is 4.79. The molecule has 1 unspecified atom stereocenters. The van der Waals surface area contributed by atoms with Crippen LogP contribution in [0.1, 0.15) is 23.4 Å². The summed E-state index contributed by atoms with van der Waals surface area (Å²) in [6, 6.07) is 7.48. The van der Waals surface area contributed by atoms with Crippen molar-refractivity contribution < 1.29 is 18.7 Å². The molecule has 6 nitrogen and oxygen atoms in total. The third kappa shape index (κ3) is 3.18. The van der Waals surface area contributed by atoms with Crippen LogP contribution < -0.4 is 0 Å². The minimum Gasteiger partial charge on any atom is -0.450 e. The van der Waals surface area contributed by atoms with E-state index in [0.29, 0.717) is 44.1 Å². The van der Waals surface area contributed by atoms with Crippen molar-refractivity contribution in [2.75, 3.05) is 32.8 Å². The van der Waals surface area contributed by atoms with Gasteiger partial charge in [-0.3, -0.25) is 9.59 Å². The minimum absolute atomic E-state index is 0.0530. The summed E-state index contributed by atoms with van der Waals surface area (Å²) in [6.45, 7) is 2.75. The molecule has 0 bridgehead atoms. The number of fused-ring (bicyclic) bond motifs is 1. The van der Waals surface area contributed by atoms with Gasteiger partial charge in [-0.15, -0.1) is 0 Å². The predicted molar refractivity (Wildman–Crippen MR) is 95.4 cm³/mol. The molecule has 2 aromatic rings. The molecule has 2 aliphatic rings. The molecule has 2 fully saturated rings. The van der Waals surface area contributed by atoms with E-state index in [9.17, 15) is 9.59 Å². The first-order valence-corrected chi connectivity index (χ1v) is 9.30. The molecule has 1 aromatic heterocycles. The molecule has 1 aromatic carbocycles. The number of furan rings is 1. The van der Waals surface area contributed by atoms with E-state index in [0.717, 1.165) is 22.7 Å². The van der Waals surface area contributed by atoms with Crippen molar-refractivity contribution in [3.05, 3.63) is 34.5 Å². The Labute approximate surface area is 153 Å². The SMILES string of the molecule is O=C(c1cc2cccc(Br)c2o1)N1CCN(C(=O)C2CCCO2)CC1. The zero-order valence-electron chi connectivity index (χ0n) is 13.7. The van der Waals surface area contributed by atoms with E-state index < -0.39 is 0 Å². The van der Waals surface area contributed by atoms with Crippen LogP contribution >= 0.6 is 15.9 Å². The first-order valence-electron chi connectivity index (χ1n) is 8.51. The molecule has 2 amide bonds. The Morgan fingerprint density at radius 1 is 1.12 bits per heavy atom. The fourth-order valence-electron chi connectivity index (χ4n) is 3.39. The largest absolute Gasteiger partial charge is 0.450 e. The number of piperazine rings is 1. The molecule has 0 spiro atoms. The number of nitrogens with zero attached hydrogens (tertiary/aromatic N) is 2. The van der Waals surface area contributed by atoms with Gasteiger partial charge in [0.25, 0.3) is 11.8 Å². The van der Waals surface area contributed by atoms with Crippen LogP contribution in [0, 0.1) is 0 Å². The van der Waals surface area contributed by atoms with Crippen molar-refractivity contribution in [1.29, 1.82) is 0 Å². The smallest absolute Gasteiger partial charge is 0.289 e. The van der Waals surface area contributed by atoms with Crippen molar-refractivity contribution in [1.82, 2.24) is 9.80 Å². The normalized spacial score (nSPS) is 21.1. The van der Waals surface area contributed by atoms with E-state index in [1.165, 1.54) is 0 Å². The number of halogens is 1. The van der Waals surface area contributed by atoms with Crippen molar-refractivity contribution >= 4 is 38.7 Å². The van der Waals surface area contributed by atoms with Crippen molar-refractivity contribution in [2.45, 2.75) is 18.9 Å². The number of carbonyl (C=O) groups is 2. The Hall–Kier alpha value is -1.86. The van der Waals surface area contributed by atoms with Crippen molar-refractivity contribution in [3.8, 4) is 0 Å². The molecule has 132 valence electrons. The second kappa shape index (κ2) is 6.80. The van der Waals surface area contributed by atoms with Gasteiger partial charge in [0, 0.05) is 38.2 Å². The average Bonchev–Trinajstić information content (AvgIpc) is 3.31. The molecule has 3 heterocycles. The van der Waals surface area contributed by atoms with E-state index in [1.54, 1.807) is 15.9 Å². The molecule has 0 aliphatic carbocycles. The highest BCUT2D eigenvalue weighted by atomic mass is 79.9. The maximum atomic E-state index is 12.7. The Morgan fingerprint density at radius 3 is 2.56 bits per heavy atom. The lowest BCUT2D eigenvalue weighted by atomic mass is 10.2. The van der Waals surface area contributed by atoms with Gasteiger partial charge in [-0.1, -0.05) is 12.1 Å². The van der Waals surface area contributed by atoms with Crippen LogP contribution in [0.15, 0.2) is 33.2 Å². The second-order valence-electron chi connectivity index (χ2n) is 6.39. The standard InChI is InChI=1S/C18H19BrN2O4/c19-13-4-1-3-12-11-15(25-16(12)13)18(23)21-8-6-20(7-9-21)17(22)14-5-2-10-24-14/h1,3-4,11,14H,2,5-10H2. The Bertz CT molecular complexity index is 805. The number of carbonyl (C=O) groups excluding carboxylic acids is 2. The molecular formula is C18H19BrN2O4. The summed E-state index contributed by atoms with van der Waals surface area (Å²) < 4.78 is 12.0. The highest BCUT2D eigenvalue weighted by Crippen LogP contribution is 2.27. The van der Waals surface area contributed by atoms with E-state index in [-0.39, 0.29) is 17.9 Å². The maximum absolute atomic E-state index is 12.7. The zero-order chi connectivity index (χ0) is 17.4. The van der Waals surface area contributed by atoms with Gasteiger partial charge in [0.05, 0.1) is 4.47 Å². The van der Waals surface area contributed by atoms with E-state index >= 15 is 0 Å². The van der Waals surface area contributed by atoms with Gasteiger partial charge in [-0.25, -0.2) is 0 Å². The van der Waals surface area contributed by atoms with Gasteiger partial charge in [-0.05, 0) is 40.9 Å². The van der Waals surface area contributed by atoms with E-state index in [2.05, 4.69) is 15.9 Å². The number of hydrogen-bond acceptors (Lipinski definition) is 4. The van der Waals surface area contributed by atoms with Gasteiger partial charge in [0.2, 0.25) is 0 Å². The summed E-state index contributed by atoms with van der Waals surface area (Å²) >= 11 is 3.44. The second-order valence-corrected chi connectivity index (χ2v) is 7.24. The molecule has 4 rings (SSSR count). The topological polar surface area (TPSA) is 63.0 Å². The molecule has 7 heteroatoms. The summed E-state index contributed by atoms with van der Waals surface area (Å²) in [5.74, 6) is 0.255. The highest BCUT2D eigenvalue weighted by molar-refractivity contribution is 9.10. The molecule has 2 saturated heterocycles. The number of rotatable bonds is 2. The van der Waals surface area contributed by atoms with Crippen LogP contribution in [0.3, 0.4) is 0 Å². The monoisotopic (exact) mass is 406 g/mol. The van der Waals surface area contributed by atoms with E-state index in [1.807, 2.05) is 18.2 Å². The Morgan fingerprint density at radius 2 is 1.88 bits per heavy atom. The molecular weight excluding hydrogens is 388 g/mol. The number of benzene rings is 1. The average molecular weight is 407 g/mol. The molecule has 2 aliphatic heterocycles. The maximum Gasteiger partial charge on any atom is 0.289 e. The summed E-state index contributed by atoms with van der Waals surface area (Å²) in [6.07, 6.45) is 1.44. The minimum atomic E-state index is -0.296. The van der Waals surface area contributed by atoms with E-state index in [4.69, 9.17) is 9.15 Å². The van der Waals surface area contributed by atoms with Crippen LogP contribution in [0.5, 0.6) is 0 Å². The number of para-hydroxylation sites is 1. The fraction of sp³-hybridized carbons (Fsp3) is 0.444. The number of ether oxygens (including phenoxy) is 1. The van der Waals surface area contributed by atoms with Crippen LogP contribution in [0.2, 0.25) is 0 Å². The van der Waals surface area contributed by atoms with Gasteiger partial charge in [0.1, 0.15) is 11.7 Å². The van der Waals surface area contributed by atoms with Crippen molar-refractivity contribution in [3.63, 3.8) is 0 Å². The molecule has 0 saturated carbocycles. The van der Waals surface area contributed by atoms with Gasteiger partial charge in [-0.2, -0.15) is 0 Å². The van der Waals surface area contributed by atoms with Crippen LogP contribution in [0.25, 0.3) is 11.0 Å². The van der Waals surface area contributed by atoms with Crippen LogP contribution in [0.4, 0.5) is 0 Å². The number of hydrogen-bond donors (Lipinski definition) is 0. The van der Waals surface area contributed by atoms with Crippen LogP contribution in [-0.2, 0) is 9.53 Å². The quantitative estimate of drug-likeness (QED) is 0.768. The Kier molecular flexibility index (Phi) is 4.52. The number of amides is 2. The summed E-state index contributed by atoms with van der Waals surface area (Å²) in [4.78, 5) is 28.6. The molecule has 1 atom stereocenters. The predicted octanol–water partition coefficient (Wildman–Crippen LogP) is 2.66. The van der Waals surface area contributed by atoms with Crippen molar-refractivity contribution in [2.24, 2.45) is 0 Å². The molecule has 25 heavy (non-hydrogen) atoms. The van der Waals surface area contributed by atoms with Gasteiger partial charge in [0.15, 0.2) is 5.76 Å². The molecule has 0 N–H and O–H groups in total. The Balaban J connectivity index is 1.42. The highest BCUT2D eigenvalue weighted by Gasteiger charge is 2.32. The third-order valence-corrected chi connectivity index (χ3v) is 5.41. The van der Waals surface area contributed by atoms with Gasteiger partial charge < -0.3 is 19.0 Å². The van der Waals surface area contributed by atoms with Crippen LogP contribution in [-0.4, -0.2) is 60.5 Å². The first kappa shape index (κ1) is 16.6. The summed E-state index contributed by atoms with van der Waals surface area (Å²) in [7, 11) is 0. The lowest BCUT2D eigenvalue weighted by molar-refractivity contribution is -0.142. The lowest BCUT2D eigenvalue weighted by Gasteiger charge is -2.35. The van der Waals surface area contributed by atoms with Gasteiger partial charge >= 0.3 is 0 Å². The fourth-order valence-corrected chi connectivity index (χ4v) is 3.86. The summed E-state index contributed by atoms with van der Waals surface area (Å²) in [5.41, 5.74) is 0.679. The summed E-state index contributed by atoms with van der Waals surface area (Å²) in [5, 5.41) is 0.893.